The molecule has 5 nitrogen and oxygen atoms in total. The van der Waals surface area contributed by atoms with Crippen LogP contribution in [0.5, 0.6) is 0 Å². The Labute approximate surface area is 171 Å². The van der Waals surface area contributed by atoms with E-state index >= 15 is 0 Å². The zero-order valence-electron chi connectivity index (χ0n) is 12.5. The van der Waals surface area contributed by atoms with Gasteiger partial charge in [0.15, 0.2) is 0 Å². The van der Waals surface area contributed by atoms with E-state index in [2.05, 4.69) is 11.1 Å². The molecule has 0 aromatic heterocycles. The van der Waals surface area contributed by atoms with Crippen LogP contribution >= 0.6 is 0 Å². The summed E-state index contributed by atoms with van der Waals surface area (Å²) >= 11 is 0. The maximum absolute atomic E-state index is 11.3. The molecule has 122 valence electrons. The molecule has 0 aromatic carbocycles. The van der Waals surface area contributed by atoms with Gasteiger partial charge in [-0.25, -0.2) is 0 Å². The zero-order chi connectivity index (χ0) is 15.3. The summed E-state index contributed by atoms with van der Waals surface area (Å²) in [5, 5.41) is 8.49. The molecule has 0 amide bonds. The minimum absolute atomic E-state index is 0. The first-order valence-corrected chi connectivity index (χ1v) is 9.15. The molecule has 0 aliphatic rings. The Morgan fingerprint density at radius 1 is 0.952 bits per heavy atom. The van der Waals surface area contributed by atoms with Gasteiger partial charge in [-0.05, 0) is 6.42 Å². The van der Waals surface area contributed by atoms with Crippen molar-refractivity contribution < 1.29 is 22.5 Å². The van der Waals surface area contributed by atoms with Crippen LogP contribution in [0.1, 0.15) is 71.1 Å². The van der Waals surface area contributed by atoms with E-state index in [9.17, 15) is 13.2 Å². The Kier molecular flexibility index (Phi) is 18.4. The Balaban J connectivity index is 0. The number of aliphatic hydroxyl groups excluding tert-OH is 1. The molecule has 0 atom stereocenters. The van der Waals surface area contributed by atoms with Crippen LogP contribution in [-0.2, 0) is 19.1 Å². The maximum atomic E-state index is 11.3. The summed E-state index contributed by atoms with van der Waals surface area (Å²) in [5.74, 6) is -1.25. The van der Waals surface area contributed by atoms with Gasteiger partial charge in [0.05, 0.1) is 6.61 Å². The molecule has 0 heterocycles. The molecule has 0 bridgehead atoms. The predicted molar refractivity (Wildman–Crippen MR) is 86.0 cm³/mol. The third kappa shape index (κ3) is 17.2. The minimum atomic E-state index is -3.89. The average molecular weight is 349 g/mol. The molecule has 21 heavy (non-hydrogen) atoms. The van der Waals surface area contributed by atoms with Crippen LogP contribution in [0.25, 0.3) is 0 Å². The summed E-state index contributed by atoms with van der Waals surface area (Å²) in [7, 11) is -3.89. The fourth-order valence-corrected chi connectivity index (χ4v) is 2.59. The summed E-state index contributed by atoms with van der Waals surface area (Å²) in [5.41, 5.74) is 0. The van der Waals surface area contributed by atoms with E-state index in [0.717, 1.165) is 12.8 Å². The number of carbonyl (C=O) groups excluding carboxylic acids is 1. The molecule has 0 fully saturated rings. The van der Waals surface area contributed by atoms with Crippen LogP contribution in [0.15, 0.2) is 0 Å². The van der Waals surface area contributed by atoms with E-state index in [0.29, 0.717) is 6.42 Å². The van der Waals surface area contributed by atoms with Gasteiger partial charge >= 0.3 is 67.5 Å². The molecule has 7 heteroatoms. The second kappa shape index (κ2) is 15.9. The topological polar surface area (TPSA) is 80.7 Å². The van der Waals surface area contributed by atoms with E-state index in [1.165, 1.54) is 38.5 Å². The van der Waals surface area contributed by atoms with Crippen LogP contribution in [0.4, 0.5) is 0 Å². The first kappa shape index (κ1) is 24.3. The molecule has 0 saturated heterocycles. The van der Waals surface area contributed by atoms with Gasteiger partial charge in [-0.1, -0.05) is 58.3 Å². The van der Waals surface area contributed by atoms with Crippen molar-refractivity contribution in [3.05, 3.63) is 0 Å². The summed E-state index contributed by atoms with van der Waals surface area (Å²) in [6.45, 7) is 1.66. The second-order valence-corrected chi connectivity index (χ2v) is 6.71. The second-order valence-electron chi connectivity index (χ2n) is 5.02. The summed E-state index contributed by atoms with van der Waals surface area (Å²) in [6.07, 6.45) is 10.3. The van der Waals surface area contributed by atoms with Crippen molar-refractivity contribution >= 4 is 67.5 Å². The molecule has 0 unspecified atom stereocenters. The van der Waals surface area contributed by atoms with Crippen molar-refractivity contribution in [1.82, 2.24) is 0 Å². The molecule has 0 rings (SSSR count). The normalized spacial score (nSPS) is 11.0. The molecule has 0 aliphatic carbocycles. The Bertz CT molecular complexity index is 343. The van der Waals surface area contributed by atoms with Gasteiger partial charge in [0.2, 0.25) is 0 Å². The molecule has 0 aliphatic heterocycles. The van der Waals surface area contributed by atoms with Crippen molar-refractivity contribution in [2.45, 2.75) is 71.1 Å². The third-order valence-corrected chi connectivity index (χ3v) is 4.17. The first-order valence-electron chi connectivity index (χ1n) is 7.57. The van der Waals surface area contributed by atoms with Gasteiger partial charge in [-0.2, -0.15) is 8.42 Å². The Morgan fingerprint density at radius 3 is 1.90 bits per heavy atom. The molecule has 0 spiro atoms. The fourth-order valence-electron chi connectivity index (χ4n) is 1.92. The summed E-state index contributed by atoms with van der Waals surface area (Å²) in [4.78, 5) is 11.3. The number of hydrogen-bond donors (Lipinski definition) is 1. The van der Waals surface area contributed by atoms with Crippen LogP contribution in [0, 0.1) is 0 Å². The van der Waals surface area contributed by atoms with Crippen LogP contribution in [-0.4, -0.2) is 83.2 Å². The molecule has 1 N–H and O–H groups in total. The van der Waals surface area contributed by atoms with Gasteiger partial charge in [0, 0.05) is 6.42 Å². The van der Waals surface area contributed by atoms with Crippen LogP contribution < -0.4 is 0 Å². The van der Waals surface area contributed by atoms with Gasteiger partial charge in [-0.15, -0.1) is 0 Å². The van der Waals surface area contributed by atoms with Gasteiger partial charge in [0.25, 0.3) is 0 Å². The number of carbonyl (C=O) groups is 1. The zero-order valence-corrected chi connectivity index (χ0v) is 13.3. The number of unbranched alkanes of at least 4 members (excludes halogenated alkanes) is 8. The SMILES string of the molecule is CCCCCCCCCCCC(=O)OS(=O)(=O)CCO.[KH]. The standard InChI is InChI=1S/C14H28O5S.K.H/c1-2-3-4-5-6-7-8-9-10-11-14(16)19-20(17,18)13-12-15;;/h15H,2-13H2,1H3;;. The van der Waals surface area contributed by atoms with Crippen molar-refractivity contribution in [3.63, 3.8) is 0 Å². The van der Waals surface area contributed by atoms with E-state index in [1.54, 1.807) is 0 Å². The summed E-state index contributed by atoms with van der Waals surface area (Å²) in [6, 6.07) is 0. The number of aliphatic hydroxyl groups is 1. The van der Waals surface area contributed by atoms with E-state index in [4.69, 9.17) is 5.11 Å². The van der Waals surface area contributed by atoms with Gasteiger partial charge in [0.1, 0.15) is 5.75 Å². The fraction of sp³-hybridized carbons (Fsp3) is 0.929. The quantitative estimate of drug-likeness (QED) is 0.313. The van der Waals surface area contributed by atoms with E-state index in [-0.39, 0.29) is 57.8 Å². The molecular formula is C14H29KO5S. The van der Waals surface area contributed by atoms with Crippen LogP contribution in [0.3, 0.4) is 0 Å². The Morgan fingerprint density at radius 2 is 1.43 bits per heavy atom. The third-order valence-electron chi connectivity index (χ3n) is 3.05. The number of hydrogen-bond acceptors (Lipinski definition) is 5. The van der Waals surface area contributed by atoms with Crippen molar-refractivity contribution in [2.24, 2.45) is 0 Å². The molecule has 0 aromatic rings. The predicted octanol–water partition coefficient (Wildman–Crippen LogP) is 2.12. The van der Waals surface area contributed by atoms with Crippen LogP contribution in [0.2, 0.25) is 0 Å². The molecule has 0 saturated carbocycles. The summed E-state index contributed by atoms with van der Waals surface area (Å²) < 4.78 is 26.5. The van der Waals surface area contributed by atoms with Crippen molar-refractivity contribution in [2.75, 3.05) is 12.4 Å². The van der Waals surface area contributed by atoms with Crippen molar-refractivity contribution in [1.29, 1.82) is 0 Å². The molecular weight excluding hydrogens is 319 g/mol. The Hall–Kier alpha value is 1.02. The van der Waals surface area contributed by atoms with Gasteiger partial charge < -0.3 is 9.29 Å². The number of rotatable bonds is 13. The monoisotopic (exact) mass is 348 g/mol. The molecule has 0 radical (unpaired) electrons. The first-order chi connectivity index (χ1) is 9.52. The van der Waals surface area contributed by atoms with Crippen molar-refractivity contribution in [3.8, 4) is 0 Å². The average Bonchev–Trinajstić information content (AvgIpc) is 2.36. The van der Waals surface area contributed by atoms with E-state index in [1.807, 2.05) is 0 Å². The van der Waals surface area contributed by atoms with E-state index < -0.39 is 28.4 Å². The van der Waals surface area contributed by atoms with Gasteiger partial charge in [-0.3, -0.25) is 4.79 Å².